The van der Waals surface area contributed by atoms with Gasteiger partial charge in [0.2, 0.25) is 0 Å². The summed E-state index contributed by atoms with van der Waals surface area (Å²) < 4.78 is 11.2. The Morgan fingerprint density at radius 3 is 2.38 bits per heavy atom. The van der Waals surface area contributed by atoms with E-state index in [9.17, 15) is 9.59 Å². The van der Waals surface area contributed by atoms with Crippen molar-refractivity contribution in [3.63, 3.8) is 0 Å². The van der Waals surface area contributed by atoms with E-state index in [0.717, 1.165) is 24.8 Å². The van der Waals surface area contributed by atoms with E-state index in [1.165, 1.54) is 0 Å². The molecule has 2 aromatic carbocycles. The van der Waals surface area contributed by atoms with Gasteiger partial charge in [-0.15, -0.1) is 0 Å². The minimum absolute atomic E-state index is 0.0224. The van der Waals surface area contributed by atoms with E-state index < -0.39 is 11.8 Å². The topological polar surface area (TPSA) is 88.7 Å². The van der Waals surface area contributed by atoms with Crippen LogP contribution in [0.3, 0.4) is 0 Å². The van der Waals surface area contributed by atoms with Crippen molar-refractivity contribution in [2.75, 3.05) is 13.2 Å². The summed E-state index contributed by atoms with van der Waals surface area (Å²) in [4.78, 5) is 24.3. The molecule has 2 rings (SSSR count). The summed E-state index contributed by atoms with van der Waals surface area (Å²) in [6.45, 7) is 6.71. The Morgan fingerprint density at radius 1 is 0.969 bits per heavy atom. The highest BCUT2D eigenvalue weighted by Gasteiger charge is 2.11. The molecule has 32 heavy (non-hydrogen) atoms. The number of carbonyl (C=O) groups is 2. The third-order valence-corrected chi connectivity index (χ3v) is 4.78. The molecule has 2 aromatic rings. The average Bonchev–Trinajstić information content (AvgIpc) is 2.79. The second kappa shape index (κ2) is 13.3. The first kappa shape index (κ1) is 25.1. The summed E-state index contributed by atoms with van der Waals surface area (Å²) in [5.41, 5.74) is 6.36. The monoisotopic (exact) mass is 457 g/mol. The molecule has 2 amide bonds. The Balaban J connectivity index is 1.73. The molecule has 172 valence electrons. The van der Waals surface area contributed by atoms with Crippen LogP contribution in [-0.2, 0) is 4.79 Å². The summed E-state index contributed by atoms with van der Waals surface area (Å²) >= 11 is 5.07. The third-order valence-electron chi connectivity index (χ3n) is 4.58. The van der Waals surface area contributed by atoms with Crippen LogP contribution in [0.5, 0.6) is 11.5 Å². The van der Waals surface area contributed by atoms with Crippen LogP contribution in [0.15, 0.2) is 48.5 Å². The number of carbonyl (C=O) groups excluding carboxylic acids is 2. The maximum atomic E-state index is 12.3. The number of ether oxygens (including phenoxy) is 2. The Kier molecular flexibility index (Phi) is 10.5. The number of unbranched alkanes of at least 4 members (excludes halogenated alkanes) is 2. The SMILES string of the molecule is CCCCCOc1ccc(C(=O)NC(=S)NNC(=O)COc2ccccc2C(C)C)cc1. The van der Waals surface area contributed by atoms with Crippen LogP contribution < -0.4 is 25.6 Å². The number of hydrazine groups is 1. The molecule has 0 spiro atoms. The van der Waals surface area contributed by atoms with Crippen molar-refractivity contribution in [1.29, 1.82) is 0 Å². The molecule has 0 fully saturated rings. The van der Waals surface area contributed by atoms with Crippen molar-refractivity contribution in [1.82, 2.24) is 16.2 Å². The number of rotatable bonds is 10. The normalized spacial score (nSPS) is 10.4. The van der Waals surface area contributed by atoms with Crippen molar-refractivity contribution >= 4 is 29.1 Å². The molecule has 0 saturated heterocycles. The van der Waals surface area contributed by atoms with Crippen molar-refractivity contribution in [2.45, 2.75) is 46.0 Å². The zero-order valence-electron chi connectivity index (χ0n) is 18.8. The Hall–Kier alpha value is -3.13. The number of benzene rings is 2. The van der Waals surface area contributed by atoms with Crippen molar-refractivity contribution in [2.24, 2.45) is 0 Å². The first-order chi connectivity index (χ1) is 15.4. The number of amides is 2. The van der Waals surface area contributed by atoms with E-state index in [1.807, 2.05) is 24.3 Å². The molecular weight excluding hydrogens is 426 g/mol. The standard InChI is InChI=1S/C24H31N3O4S/c1-4-5-8-15-30-19-13-11-18(12-14-19)23(29)25-24(32)27-26-22(28)16-31-21-10-7-6-9-20(21)17(2)3/h6-7,9-14,17H,4-5,8,15-16H2,1-3H3,(H,26,28)(H2,25,27,29,32). The van der Waals surface area contributed by atoms with E-state index >= 15 is 0 Å². The molecular formula is C24H31N3O4S. The van der Waals surface area contributed by atoms with E-state index in [1.54, 1.807) is 24.3 Å². The highest BCUT2D eigenvalue weighted by Crippen LogP contribution is 2.25. The fourth-order valence-corrected chi connectivity index (χ4v) is 2.99. The Labute approximate surface area is 194 Å². The van der Waals surface area contributed by atoms with Gasteiger partial charge in [0.15, 0.2) is 11.7 Å². The molecule has 0 radical (unpaired) electrons. The van der Waals surface area contributed by atoms with Crippen LogP contribution in [0.25, 0.3) is 0 Å². The van der Waals surface area contributed by atoms with Gasteiger partial charge in [-0.1, -0.05) is 51.8 Å². The molecule has 0 aliphatic carbocycles. The molecule has 0 heterocycles. The van der Waals surface area contributed by atoms with Crippen molar-refractivity contribution in [3.05, 3.63) is 59.7 Å². The Bertz CT molecular complexity index is 900. The van der Waals surface area contributed by atoms with Gasteiger partial charge < -0.3 is 9.47 Å². The minimum atomic E-state index is -0.426. The number of nitrogens with one attached hydrogen (secondary N) is 3. The van der Waals surface area contributed by atoms with E-state index in [0.29, 0.717) is 23.7 Å². The number of hydrogen-bond acceptors (Lipinski definition) is 5. The van der Waals surface area contributed by atoms with Crippen LogP contribution in [0.4, 0.5) is 0 Å². The van der Waals surface area contributed by atoms with E-state index in [2.05, 4.69) is 36.9 Å². The fraction of sp³-hybridized carbons (Fsp3) is 0.375. The molecule has 3 N–H and O–H groups in total. The lowest BCUT2D eigenvalue weighted by atomic mass is 10.0. The molecule has 0 saturated carbocycles. The van der Waals surface area contributed by atoms with E-state index in [-0.39, 0.29) is 17.6 Å². The molecule has 0 unspecified atom stereocenters. The predicted molar refractivity (Wildman–Crippen MR) is 129 cm³/mol. The number of hydrogen-bond donors (Lipinski definition) is 3. The molecule has 0 aliphatic heterocycles. The average molecular weight is 458 g/mol. The Morgan fingerprint density at radius 2 is 1.69 bits per heavy atom. The second-order valence-electron chi connectivity index (χ2n) is 7.52. The summed E-state index contributed by atoms with van der Waals surface area (Å²) in [5.74, 6) is 0.828. The van der Waals surface area contributed by atoms with Crippen LogP contribution in [0, 0.1) is 0 Å². The zero-order chi connectivity index (χ0) is 23.3. The van der Waals surface area contributed by atoms with Gasteiger partial charge in [0, 0.05) is 5.56 Å². The maximum absolute atomic E-state index is 12.3. The maximum Gasteiger partial charge on any atom is 0.276 e. The molecule has 7 nitrogen and oxygen atoms in total. The quantitative estimate of drug-likeness (QED) is 0.283. The largest absolute Gasteiger partial charge is 0.494 e. The lowest BCUT2D eigenvalue weighted by Gasteiger charge is -2.14. The van der Waals surface area contributed by atoms with Gasteiger partial charge in [-0.3, -0.25) is 25.8 Å². The highest BCUT2D eigenvalue weighted by atomic mass is 32.1. The summed E-state index contributed by atoms with van der Waals surface area (Å²) in [5, 5.41) is 2.49. The van der Waals surface area contributed by atoms with Crippen LogP contribution >= 0.6 is 12.2 Å². The second-order valence-corrected chi connectivity index (χ2v) is 7.93. The van der Waals surface area contributed by atoms with Crippen LogP contribution in [-0.4, -0.2) is 30.1 Å². The lowest BCUT2D eigenvalue weighted by molar-refractivity contribution is -0.123. The van der Waals surface area contributed by atoms with Gasteiger partial charge in [-0.25, -0.2) is 0 Å². The molecule has 0 bridgehead atoms. The minimum Gasteiger partial charge on any atom is -0.494 e. The van der Waals surface area contributed by atoms with Crippen LogP contribution in [0.2, 0.25) is 0 Å². The highest BCUT2D eigenvalue weighted by molar-refractivity contribution is 7.80. The summed E-state index contributed by atoms with van der Waals surface area (Å²) in [7, 11) is 0. The summed E-state index contributed by atoms with van der Waals surface area (Å²) in [6, 6.07) is 14.4. The van der Waals surface area contributed by atoms with Gasteiger partial charge in [-0.2, -0.15) is 0 Å². The van der Waals surface area contributed by atoms with Gasteiger partial charge >= 0.3 is 0 Å². The van der Waals surface area contributed by atoms with Crippen molar-refractivity contribution < 1.29 is 19.1 Å². The third kappa shape index (κ3) is 8.55. The van der Waals surface area contributed by atoms with Gasteiger partial charge in [0.05, 0.1) is 6.61 Å². The molecule has 8 heteroatoms. The van der Waals surface area contributed by atoms with Gasteiger partial charge in [0.1, 0.15) is 11.5 Å². The number of para-hydroxylation sites is 1. The first-order valence-corrected chi connectivity index (χ1v) is 11.2. The predicted octanol–water partition coefficient (Wildman–Crippen LogP) is 4.09. The van der Waals surface area contributed by atoms with Crippen molar-refractivity contribution in [3.8, 4) is 11.5 Å². The molecule has 0 aromatic heterocycles. The molecule has 0 aliphatic rings. The van der Waals surface area contributed by atoms with Crippen LogP contribution in [0.1, 0.15) is 61.9 Å². The number of thiocarbonyl (C=S) groups is 1. The zero-order valence-corrected chi connectivity index (χ0v) is 19.6. The summed E-state index contributed by atoms with van der Waals surface area (Å²) in [6.07, 6.45) is 3.26. The van der Waals surface area contributed by atoms with Gasteiger partial charge in [0.25, 0.3) is 11.8 Å². The lowest BCUT2D eigenvalue weighted by Crippen LogP contribution is -2.49. The van der Waals surface area contributed by atoms with E-state index in [4.69, 9.17) is 21.7 Å². The van der Waals surface area contributed by atoms with Gasteiger partial charge in [-0.05, 0) is 60.5 Å². The molecule has 0 atom stereocenters. The smallest absolute Gasteiger partial charge is 0.276 e. The fourth-order valence-electron chi connectivity index (χ4n) is 2.85. The first-order valence-electron chi connectivity index (χ1n) is 10.8.